The van der Waals surface area contributed by atoms with Gasteiger partial charge >= 0.3 is 6.03 Å². The highest BCUT2D eigenvalue weighted by atomic mass is 19.1. The third-order valence-electron chi connectivity index (χ3n) is 6.67. The molecule has 0 aliphatic carbocycles. The van der Waals surface area contributed by atoms with E-state index in [9.17, 15) is 14.0 Å². The maximum absolute atomic E-state index is 13.8. The van der Waals surface area contributed by atoms with E-state index in [1.165, 1.54) is 16.7 Å². The Morgan fingerprint density at radius 2 is 1.68 bits per heavy atom. The molecule has 0 spiro atoms. The number of urea groups is 1. The molecule has 1 atom stereocenters. The molecule has 1 heterocycles. The summed E-state index contributed by atoms with van der Waals surface area (Å²) in [5.74, 6) is 0.0576. The summed E-state index contributed by atoms with van der Waals surface area (Å²) in [4.78, 5) is 34.2. The number of hydrogen-bond donors (Lipinski definition) is 1. The van der Waals surface area contributed by atoms with E-state index in [0.29, 0.717) is 35.4 Å². The molecule has 7 heteroatoms. The summed E-state index contributed by atoms with van der Waals surface area (Å²) in [5, 5.41) is 3.58. The minimum atomic E-state index is -0.488. The van der Waals surface area contributed by atoms with Crippen LogP contribution in [-0.4, -0.2) is 27.0 Å². The van der Waals surface area contributed by atoms with Crippen LogP contribution in [0.5, 0.6) is 0 Å². The summed E-state index contributed by atoms with van der Waals surface area (Å²) in [6, 6.07) is 18.1. The van der Waals surface area contributed by atoms with Crippen molar-refractivity contribution in [3.63, 3.8) is 0 Å². The van der Waals surface area contributed by atoms with Crippen LogP contribution in [0.1, 0.15) is 56.1 Å². The van der Waals surface area contributed by atoms with Crippen molar-refractivity contribution < 1.29 is 9.18 Å². The lowest BCUT2D eigenvalue weighted by atomic mass is 10.1. The Bertz CT molecular complexity index is 1440. The molecule has 0 aliphatic rings. The quantitative estimate of drug-likeness (QED) is 0.285. The van der Waals surface area contributed by atoms with Gasteiger partial charge in [0, 0.05) is 12.2 Å². The molecule has 3 aromatic carbocycles. The number of halogens is 1. The van der Waals surface area contributed by atoms with E-state index < -0.39 is 11.9 Å². The predicted octanol–water partition coefficient (Wildman–Crippen LogP) is 6.93. The summed E-state index contributed by atoms with van der Waals surface area (Å²) in [6.45, 7) is 8.48. The molecular formula is C30H33FN4O2. The normalized spacial score (nSPS) is 11.9. The fourth-order valence-corrected chi connectivity index (χ4v) is 4.67. The summed E-state index contributed by atoms with van der Waals surface area (Å²) >= 11 is 0. The van der Waals surface area contributed by atoms with Gasteiger partial charge in [-0.05, 0) is 74.2 Å². The molecule has 4 aromatic rings. The van der Waals surface area contributed by atoms with E-state index >= 15 is 0 Å². The van der Waals surface area contributed by atoms with Crippen molar-refractivity contribution in [3.05, 3.63) is 99.9 Å². The first-order chi connectivity index (χ1) is 17.8. The molecule has 1 unspecified atom stereocenters. The number of amides is 2. The van der Waals surface area contributed by atoms with Gasteiger partial charge in [-0.25, -0.2) is 14.2 Å². The number of rotatable bonds is 8. The lowest BCUT2D eigenvalue weighted by Gasteiger charge is -2.33. The fourth-order valence-electron chi connectivity index (χ4n) is 4.67. The van der Waals surface area contributed by atoms with Crippen molar-refractivity contribution in [3.8, 4) is 5.69 Å². The van der Waals surface area contributed by atoms with Crippen LogP contribution >= 0.6 is 0 Å². The van der Waals surface area contributed by atoms with Crippen LogP contribution in [0.4, 0.5) is 14.9 Å². The molecule has 0 bridgehead atoms. The lowest BCUT2D eigenvalue weighted by Crippen LogP contribution is -2.41. The molecule has 0 saturated carbocycles. The standard InChI is InChI=1S/C30H33FN4O2/c1-5-7-19-34(30(37)33-27-20(3)11-10-12-21(27)4)26(6-2)28-32-25-14-9-8-13-24(25)29(36)35(28)23-17-15-22(31)16-18-23/h8-18,26H,5-7,19H2,1-4H3,(H,33,37). The van der Waals surface area contributed by atoms with Gasteiger partial charge in [0.25, 0.3) is 5.56 Å². The Labute approximate surface area is 216 Å². The second kappa shape index (κ2) is 11.4. The SMILES string of the molecule is CCCCN(C(=O)Nc1c(C)cccc1C)C(CC)c1nc2ccccc2c(=O)n1-c1ccc(F)cc1. The molecule has 4 rings (SSSR count). The molecule has 0 aliphatic heterocycles. The van der Waals surface area contributed by atoms with Crippen LogP contribution in [0.3, 0.4) is 0 Å². The van der Waals surface area contributed by atoms with Crippen LogP contribution in [0, 0.1) is 19.7 Å². The molecule has 192 valence electrons. The molecule has 0 radical (unpaired) electrons. The van der Waals surface area contributed by atoms with Crippen molar-refractivity contribution in [1.29, 1.82) is 0 Å². The lowest BCUT2D eigenvalue weighted by molar-refractivity contribution is 0.180. The molecule has 1 N–H and O–H groups in total. The third kappa shape index (κ3) is 5.40. The highest BCUT2D eigenvalue weighted by molar-refractivity contribution is 5.91. The number of aryl methyl sites for hydroxylation is 2. The van der Waals surface area contributed by atoms with Gasteiger partial charge in [-0.1, -0.05) is 50.6 Å². The largest absolute Gasteiger partial charge is 0.322 e. The number of carbonyl (C=O) groups is 1. The Balaban J connectivity index is 1.88. The molecule has 0 fully saturated rings. The molecule has 0 saturated heterocycles. The molecule has 6 nitrogen and oxygen atoms in total. The van der Waals surface area contributed by atoms with Gasteiger partial charge in [0.1, 0.15) is 11.6 Å². The molecule has 1 aromatic heterocycles. The monoisotopic (exact) mass is 500 g/mol. The Hall–Kier alpha value is -4.00. The number of benzene rings is 3. The van der Waals surface area contributed by atoms with Crippen molar-refractivity contribution in [2.75, 3.05) is 11.9 Å². The number of nitrogens with zero attached hydrogens (tertiary/aromatic N) is 3. The number of nitrogens with one attached hydrogen (secondary N) is 1. The first-order valence-corrected chi connectivity index (χ1v) is 12.8. The fraction of sp³-hybridized carbons (Fsp3) is 0.300. The van der Waals surface area contributed by atoms with E-state index in [0.717, 1.165) is 29.7 Å². The minimum absolute atomic E-state index is 0.245. The van der Waals surface area contributed by atoms with Gasteiger partial charge in [0.2, 0.25) is 0 Å². The Kier molecular flexibility index (Phi) is 8.01. The average Bonchev–Trinajstić information content (AvgIpc) is 2.89. The number of unbranched alkanes of at least 4 members (excludes halogenated alkanes) is 1. The highest BCUT2D eigenvalue weighted by Gasteiger charge is 2.29. The number of carbonyl (C=O) groups excluding carboxylic acids is 1. The Morgan fingerprint density at radius 1 is 1.00 bits per heavy atom. The van der Waals surface area contributed by atoms with E-state index in [4.69, 9.17) is 4.98 Å². The van der Waals surface area contributed by atoms with Gasteiger partial charge in [-0.2, -0.15) is 0 Å². The zero-order valence-electron chi connectivity index (χ0n) is 21.8. The first-order valence-electron chi connectivity index (χ1n) is 12.8. The van der Waals surface area contributed by atoms with Crippen LogP contribution in [-0.2, 0) is 0 Å². The van der Waals surface area contributed by atoms with Gasteiger partial charge in [-0.3, -0.25) is 9.36 Å². The van der Waals surface area contributed by atoms with Crippen LogP contribution < -0.4 is 10.9 Å². The average molecular weight is 501 g/mol. The van der Waals surface area contributed by atoms with Crippen molar-refractivity contribution in [2.24, 2.45) is 0 Å². The number of para-hydroxylation sites is 2. The van der Waals surface area contributed by atoms with E-state index in [1.807, 2.05) is 45.0 Å². The van der Waals surface area contributed by atoms with Crippen LogP contribution in [0.2, 0.25) is 0 Å². The van der Waals surface area contributed by atoms with E-state index in [1.54, 1.807) is 35.2 Å². The van der Waals surface area contributed by atoms with Crippen molar-refractivity contribution in [1.82, 2.24) is 14.5 Å². The summed E-state index contributed by atoms with van der Waals surface area (Å²) in [7, 11) is 0. The highest BCUT2D eigenvalue weighted by Crippen LogP contribution is 2.28. The van der Waals surface area contributed by atoms with Gasteiger partial charge in [0.15, 0.2) is 0 Å². The first kappa shape index (κ1) is 26.1. The maximum Gasteiger partial charge on any atom is 0.322 e. The smallest absolute Gasteiger partial charge is 0.314 e. The number of anilines is 1. The van der Waals surface area contributed by atoms with Crippen LogP contribution in [0.15, 0.2) is 71.5 Å². The van der Waals surface area contributed by atoms with Crippen molar-refractivity contribution >= 4 is 22.6 Å². The molecule has 2 amide bonds. The topological polar surface area (TPSA) is 67.2 Å². The third-order valence-corrected chi connectivity index (χ3v) is 6.67. The van der Waals surface area contributed by atoms with Gasteiger partial charge in [0.05, 0.1) is 22.6 Å². The summed E-state index contributed by atoms with van der Waals surface area (Å²) in [6.07, 6.45) is 2.24. The second-order valence-corrected chi connectivity index (χ2v) is 9.27. The van der Waals surface area contributed by atoms with Gasteiger partial charge < -0.3 is 10.2 Å². The molecule has 37 heavy (non-hydrogen) atoms. The Morgan fingerprint density at radius 3 is 2.32 bits per heavy atom. The minimum Gasteiger partial charge on any atom is -0.314 e. The zero-order valence-corrected chi connectivity index (χ0v) is 21.8. The van der Waals surface area contributed by atoms with Crippen LogP contribution in [0.25, 0.3) is 16.6 Å². The number of aromatic nitrogens is 2. The molecular weight excluding hydrogens is 467 g/mol. The summed E-state index contributed by atoms with van der Waals surface area (Å²) in [5.41, 5.74) is 3.55. The zero-order chi connectivity index (χ0) is 26.5. The van der Waals surface area contributed by atoms with Crippen molar-refractivity contribution in [2.45, 2.75) is 53.0 Å². The van der Waals surface area contributed by atoms with E-state index in [2.05, 4.69) is 12.2 Å². The maximum atomic E-state index is 13.8. The van der Waals surface area contributed by atoms with Gasteiger partial charge in [-0.15, -0.1) is 0 Å². The predicted molar refractivity (Wildman–Crippen MR) is 147 cm³/mol. The summed E-state index contributed by atoms with van der Waals surface area (Å²) < 4.78 is 15.3. The van der Waals surface area contributed by atoms with E-state index in [-0.39, 0.29) is 11.6 Å². The number of fused-ring (bicyclic) bond motifs is 1. The number of hydrogen-bond acceptors (Lipinski definition) is 3. The second-order valence-electron chi connectivity index (χ2n) is 9.27.